The number of carbonyl (C=O) groups excluding carboxylic acids is 1. The minimum absolute atomic E-state index is 0.0513. The largest absolute Gasteiger partial charge is 0.361 e. The molecule has 2 heterocycles. The van der Waals surface area contributed by atoms with Gasteiger partial charge in [-0.1, -0.05) is 12.1 Å². The minimum Gasteiger partial charge on any atom is -0.361 e. The molecule has 1 amide bonds. The van der Waals surface area contributed by atoms with Gasteiger partial charge in [-0.05, 0) is 12.1 Å². The van der Waals surface area contributed by atoms with Gasteiger partial charge in [0.25, 0.3) is 5.91 Å². The monoisotopic (exact) mass is 271 g/mol. The SMILES string of the molecule is O=C(NCCc1nccs1)c1cccc2cc[nH]c12. The number of H-pyrrole nitrogens is 1. The van der Waals surface area contributed by atoms with Gasteiger partial charge in [-0.25, -0.2) is 4.98 Å². The van der Waals surface area contributed by atoms with E-state index in [0.717, 1.165) is 22.3 Å². The van der Waals surface area contributed by atoms with Gasteiger partial charge in [-0.2, -0.15) is 0 Å². The summed E-state index contributed by atoms with van der Waals surface area (Å²) in [4.78, 5) is 19.4. The van der Waals surface area contributed by atoms with Crippen molar-refractivity contribution in [3.8, 4) is 0 Å². The number of rotatable bonds is 4. The van der Waals surface area contributed by atoms with E-state index in [4.69, 9.17) is 0 Å². The summed E-state index contributed by atoms with van der Waals surface area (Å²) < 4.78 is 0. The first-order chi connectivity index (χ1) is 9.34. The highest BCUT2D eigenvalue weighted by atomic mass is 32.1. The Bertz CT molecular complexity index is 688. The smallest absolute Gasteiger partial charge is 0.253 e. The van der Waals surface area contributed by atoms with E-state index in [0.29, 0.717) is 12.1 Å². The molecule has 0 aliphatic carbocycles. The highest BCUT2D eigenvalue weighted by Gasteiger charge is 2.10. The average Bonchev–Trinajstić information content (AvgIpc) is 3.08. The van der Waals surface area contributed by atoms with Crippen molar-refractivity contribution in [2.75, 3.05) is 6.54 Å². The summed E-state index contributed by atoms with van der Waals surface area (Å²) in [5, 5.41) is 6.96. The Morgan fingerprint density at radius 2 is 2.32 bits per heavy atom. The topological polar surface area (TPSA) is 57.8 Å². The average molecular weight is 271 g/mol. The molecule has 4 nitrogen and oxygen atoms in total. The molecule has 5 heteroatoms. The standard InChI is InChI=1S/C14H13N3OS/c18-14(17-7-5-12-15-8-9-19-12)11-3-1-2-10-4-6-16-13(10)11/h1-4,6,8-9,16H,5,7H2,(H,17,18). The van der Waals surface area contributed by atoms with Crippen molar-refractivity contribution in [1.82, 2.24) is 15.3 Å². The van der Waals surface area contributed by atoms with Gasteiger partial charge in [0.1, 0.15) is 0 Å². The molecule has 2 N–H and O–H groups in total. The summed E-state index contributed by atoms with van der Waals surface area (Å²) >= 11 is 1.61. The number of nitrogens with zero attached hydrogens (tertiary/aromatic N) is 1. The first-order valence-electron chi connectivity index (χ1n) is 6.07. The Balaban J connectivity index is 1.68. The molecular weight excluding hydrogens is 258 g/mol. The fourth-order valence-electron chi connectivity index (χ4n) is 2.03. The quantitative estimate of drug-likeness (QED) is 0.766. The van der Waals surface area contributed by atoms with E-state index in [9.17, 15) is 4.79 Å². The highest BCUT2D eigenvalue weighted by Crippen LogP contribution is 2.16. The number of benzene rings is 1. The van der Waals surface area contributed by atoms with E-state index in [1.807, 2.05) is 35.8 Å². The number of carbonyl (C=O) groups is 1. The van der Waals surface area contributed by atoms with Crippen LogP contribution in [0.3, 0.4) is 0 Å². The van der Waals surface area contributed by atoms with Crippen LogP contribution in [0.4, 0.5) is 0 Å². The van der Waals surface area contributed by atoms with Crippen LogP contribution in [-0.2, 0) is 6.42 Å². The molecule has 2 aromatic heterocycles. The van der Waals surface area contributed by atoms with Crippen molar-refractivity contribution in [2.24, 2.45) is 0 Å². The van der Waals surface area contributed by atoms with Crippen LogP contribution in [0.2, 0.25) is 0 Å². The molecule has 0 radical (unpaired) electrons. The fraction of sp³-hybridized carbons (Fsp3) is 0.143. The lowest BCUT2D eigenvalue weighted by atomic mass is 10.1. The second kappa shape index (κ2) is 5.24. The van der Waals surface area contributed by atoms with Gasteiger partial charge in [0.2, 0.25) is 0 Å². The van der Waals surface area contributed by atoms with Crippen LogP contribution >= 0.6 is 11.3 Å². The summed E-state index contributed by atoms with van der Waals surface area (Å²) in [6.45, 7) is 0.601. The van der Waals surface area contributed by atoms with Gasteiger partial charge in [0, 0.05) is 36.1 Å². The van der Waals surface area contributed by atoms with E-state index in [1.54, 1.807) is 17.5 Å². The predicted octanol–water partition coefficient (Wildman–Crippen LogP) is 2.60. The van der Waals surface area contributed by atoms with Crippen molar-refractivity contribution in [1.29, 1.82) is 0 Å². The zero-order valence-electron chi connectivity index (χ0n) is 10.2. The lowest BCUT2D eigenvalue weighted by Crippen LogP contribution is -2.25. The lowest BCUT2D eigenvalue weighted by molar-refractivity contribution is 0.0955. The number of para-hydroxylation sites is 1. The van der Waals surface area contributed by atoms with Crippen molar-refractivity contribution >= 4 is 28.1 Å². The molecule has 0 spiro atoms. The minimum atomic E-state index is -0.0513. The van der Waals surface area contributed by atoms with Crippen molar-refractivity contribution in [2.45, 2.75) is 6.42 Å². The van der Waals surface area contributed by atoms with Crippen LogP contribution in [0.5, 0.6) is 0 Å². The third kappa shape index (κ3) is 2.51. The summed E-state index contributed by atoms with van der Waals surface area (Å²) in [6, 6.07) is 7.67. The first kappa shape index (κ1) is 11.9. The molecule has 0 saturated carbocycles. The van der Waals surface area contributed by atoms with E-state index >= 15 is 0 Å². The first-order valence-corrected chi connectivity index (χ1v) is 6.95. The molecule has 0 aliphatic rings. The van der Waals surface area contributed by atoms with Gasteiger partial charge in [-0.15, -0.1) is 11.3 Å². The summed E-state index contributed by atoms with van der Waals surface area (Å²) in [6.07, 6.45) is 4.39. The molecule has 0 bridgehead atoms. The van der Waals surface area contributed by atoms with Crippen LogP contribution < -0.4 is 5.32 Å². The van der Waals surface area contributed by atoms with Crippen LogP contribution in [0, 0.1) is 0 Å². The Kier molecular flexibility index (Phi) is 3.29. The second-order valence-corrected chi connectivity index (χ2v) is 5.16. The lowest BCUT2D eigenvalue weighted by Gasteiger charge is -2.05. The number of hydrogen-bond acceptors (Lipinski definition) is 3. The molecular formula is C14H13N3OS. The molecule has 3 aromatic rings. The van der Waals surface area contributed by atoms with Crippen molar-refractivity contribution in [3.05, 3.63) is 52.6 Å². The molecule has 3 rings (SSSR count). The number of amides is 1. The van der Waals surface area contributed by atoms with Crippen molar-refractivity contribution < 1.29 is 4.79 Å². The van der Waals surface area contributed by atoms with Crippen LogP contribution in [0.1, 0.15) is 15.4 Å². The number of fused-ring (bicyclic) bond motifs is 1. The molecule has 0 saturated heterocycles. The van der Waals surface area contributed by atoms with E-state index in [1.165, 1.54) is 0 Å². The van der Waals surface area contributed by atoms with E-state index < -0.39 is 0 Å². The Morgan fingerprint density at radius 1 is 1.37 bits per heavy atom. The van der Waals surface area contributed by atoms with Crippen LogP contribution in [0.15, 0.2) is 42.0 Å². The molecule has 1 aromatic carbocycles. The van der Waals surface area contributed by atoms with Gasteiger partial charge in [-0.3, -0.25) is 4.79 Å². The highest BCUT2D eigenvalue weighted by molar-refractivity contribution is 7.09. The maximum Gasteiger partial charge on any atom is 0.253 e. The van der Waals surface area contributed by atoms with Gasteiger partial charge < -0.3 is 10.3 Å². The molecule has 0 unspecified atom stereocenters. The zero-order valence-corrected chi connectivity index (χ0v) is 11.0. The summed E-state index contributed by atoms with van der Waals surface area (Å²) in [7, 11) is 0. The molecule has 19 heavy (non-hydrogen) atoms. The summed E-state index contributed by atoms with van der Waals surface area (Å²) in [5.41, 5.74) is 1.57. The maximum atomic E-state index is 12.1. The van der Waals surface area contributed by atoms with E-state index in [2.05, 4.69) is 15.3 Å². The number of thiazole rings is 1. The normalized spacial score (nSPS) is 10.7. The number of aromatic amines is 1. The number of hydrogen-bond donors (Lipinski definition) is 2. The molecule has 96 valence electrons. The van der Waals surface area contributed by atoms with Gasteiger partial charge in [0.05, 0.1) is 16.1 Å². The Morgan fingerprint density at radius 3 is 3.16 bits per heavy atom. The van der Waals surface area contributed by atoms with E-state index in [-0.39, 0.29) is 5.91 Å². The third-order valence-electron chi connectivity index (χ3n) is 2.94. The maximum absolute atomic E-state index is 12.1. The predicted molar refractivity (Wildman–Crippen MR) is 76.4 cm³/mol. The number of nitrogens with one attached hydrogen (secondary N) is 2. The van der Waals surface area contributed by atoms with Crippen LogP contribution in [0.25, 0.3) is 10.9 Å². The molecule has 0 fully saturated rings. The van der Waals surface area contributed by atoms with Crippen molar-refractivity contribution in [3.63, 3.8) is 0 Å². The zero-order chi connectivity index (χ0) is 13.1. The van der Waals surface area contributed by atoms with Gasteiger partial charge in [0.15, 0.2) is 0 Å². The fourth-order valence-corrected chi connectivity index (χ4v) is 2.65. The van der Waals surface area contributed by atoms with Gasteiger partial charge >= 0.3 is 0 Å². The van der Waals surface area contributed by atoms with Crippen LogP contribution in [-0.4, -0.2) is 22.4 Å². The third-order valence-corrected chi connectivity index (χ3v) is 3.78. The second-order valence-electron chi connectivity index (χ2n) is 4.18. The Labute approximate surface area is 114 Å². The summed E-state index contributed by atoms with van der Waals surface area (Å²) in [5.74, 6) is -0.0513. The Hall–Kier alpha value is -2.14. The molecule has 0 aliphatic heterocycles. The number of aromatic nitrogens is 2. The molecule has 0 atom stereocenters.